The second-order valence-electron chi connectivity index (χ2n) is 3.06. The van der Waals surface area contributed by atoms with Gasteiger partial charge >= 0.3 is 0 Å². The molecular formula is C11H14N2O2. The topological polar surface area (TPSA) is 53.2 Å². The molecule has 1 aromatic rings. The molecule has 0 spiro atoms. The maximum Gasteiger partial charge on any atom is 0.270 e. The van der Waals surface area contributed by atoms with Crippen molar-refractivity contribution in [2.45, 2.75) is 6.92 Å². The minimum absolute atomic E-state index is 0.185. The Balaban J connectivity index is 2.92. The summed E-state index contributed by atoms with van der Waals surface area (Å²) in [6.07, 6.45) is 1.66. The van der Waals surface area contributed by atoms with Gasteiger partial charge in [0, 0.05) is 19.2 Å². The van der Waals surface area contributed by atoms with E-state index >= 15 is 0 Å². The number of aromatic amines is 1. The Bertz CT molecular complexity index is 409. The Kier molecular flexibility index (Phi) is 3.85. The Morgan fingerprint density at radius 2 is 2.33 bits per heavy atom. The molecular weight excluding hydrogens is 192 g/mol. The quantitative estimate of drug-likeness (QED) is 0.748. The SMILES string of the molecule is C=CCN(CC)C(=O)c1cccc(=O)[nH]1. The molecule has 0 bridgehead atoms. The van der Waals surface area contributed by atoms with Crippen LogP contribution in [0.2, 0.25) is 0 Å². The summed E-state index contributed by atoms with van der Waals surface area (Å²) in [5.41, 5.74) is 0.0432. The van der Waals surface area contributed by atoms with Gasteiger partial charge in [-0.1, -0.05) is 12.1 Å². The zero-order valence-corrected chi connectivity index (χ0v) is 8.69. The Hall–Kier alpha value is -1.84. The Morgan fingerprint density at radius 1 is 1.60 bits per heavy atom. The van der Waals surface area contributed by atoms with Gasteiger partial charge in [0.15, 0.2) is 0 Å². The van der Waals surface area contributed by atoms with E-state index in [9.17, 15) is 9.59 Å². The van der Waals surface area contributed by atoms with Crippen molar-refractivity contribution in [2.24, 2.45) is 0 Å². The molecule has 0 aliphatic heterocycles. The minimum atomic E-state index is -0.268. The number of amides is 1. The van der Waals surface area contributed by atoms with Crippen LogP contribution in [-0.2, 0) is 0 Å². The highest BCUT2D eigenvalue weighted by atomic mass is 16.2. The van der Waals surface area contributed by atoms with Crippen molar-refractivity contribution in [1.29, 1.82) is 0 Å². The third-order valence-electron chi connectivity index (χ3n) is 2.02. The largest absolute Gasteiger partial charge is 0.334 e. The fraction of sp³-hybridized carbons (Fsp3) is 0.273. The summed E-state index contributed by atoms with van der Waals surface area (Å²) in [5.74, 6) is -0.185. The van der Waals surface area contributed by atoms with Crippen LogP contribution in [0.3, 0.4) is 0 Å². The van der Waals surface area contributed by atoms with E-state index in [1.54, 1.807) is 23.1 Å². The van der Waals surface area contributed by atoms with Crippen LogP contribution in [0, 0.1) is 0 Å². The molecule has 1 heterocycles. The first-order valence-electron chi connectivity index (χ1n) is 4.78. The van der Waals surface area contributed by atoms with E-state index < -0.39 is 0 Å². The van der Waals surface area contributed by atoms with E-state index in [1.165, 1.54) is 6.07 Å². The van der Waals surface area contributed by atoms with Gasteiger partial charge in [0.1, 0.15) is 5.69 Å². The molecule has 4 heteroatoms. The van der Waals surface area contributed by atoms with Gasteiger partial charge in [0.2, 0.25) is 5.56 Å². The molecule has 1 aromatic heterocycles. The van der Waals surface area contributed by atoms with Crippen molar-refractivity contribution in [3.63, 3.8) is 0 Å². The third kappa shape index (κ3) is 2.80. The fourth-order valence-corrected chi connectivity index (χ4v) is 1.25. The molecule has 0 aromatic carbocycles. The number of aromatic nitrogens is 1. The van der Waals surface area contributed by atoms with Crippen LogP contribution in [-0.4, -0.2) is 28.9 Å². The van der Waals surface area contributed by atoms with Crippen molar-refractivity contribution in [1.82, 2.24) is 9.88 Å². The summed E-state index contributed by atoms with van der Waals surface area (Å²) in [6, 6.07) is 4.53. The van der Waals surface area contributed by atoms with Gasteiger partial charge in [-0.05, 0) is 13.0 Å². The molecule has 0 unspecified atom stereocenters. The van der Waals surface area contributed by atoms with E-state index in [-0.39, 0.29) is 11.5 Å². The number of pyridine rings is 1. The molecule has 0 atom stereocenters. The lowest BCUT2D eigenvalue weighted by atomic mass is 10.3. The lowest BCUT2D eigenvalue weighted by Crippen LogP contribution is -2.32. The van der Waals surface area contributed by atoms with Gasteiger partial charge in [0.05, 0.1) is 0 Å². The maximum atomic E-state index is 11.8. The Morgan fingerprint density at radius 3 is 2.87 bits per heavy atom. The molecule has 1 N–H and O–H groups in total. The second kappa shape index (κ2) is 5.14. The number of hydrogen-bond donors (Lipinski definition) is 1. The number of carbonyl (C=O) groups excluding carboxylic acids is 1. The Labute approximate surface area is 88.2 Å². The lowest BCUT2D eigenvalue weighted by molar-refractivity contribution is 0.0776. The predicted octanol–water partition coefficient (Wildman–Crippen LogP) is 1.02. The van der Waals surface area contributed by atoms with Crippen molar-refractivity contribution >= 4 is 5.91 Å². The van der Waals surface area contributed by atoms with Crippen molar-refractivity contribution in [2.75, 3.05) is 13.1 Å². The molecule has 15 heavy (non-hydrogen) atoms. The van der Waals surface area contributed by atoms with Gasteiger partial charge in [-0.3, -0.25) is 9.59 Å². The van der Waals surface area contributed by atoms with Gasteiger partial charge in [0.25, 0.3) is 5.91 Å². The number of rotatable bonds is 4. The monoisotopic (exact) mass is 206 g/mol. The predicted molar refractivity (Wildman–Crippen MR) is 58.8 cm³/mol. The molecule has 0 fully saturated rings. The average molecular weight is 206 g/mol. The summed E-state index contributed by atoms with van der Waals surface area (Å²) in [5, 5.41) is 0. The summed E-state index contributed by atoms with van der Waals surface area (Å²) in [6.45, 7) is 6.52. The van der Waals surface area contributed by atoms with Crippen LogP contribution >= 0.6 is 0 Å². The minimum Gasteiger partial charge on any atom is -0.334 e. The van der Waals surface area contributed by atoms with Crippen molar-refractivity contribution in [3.8, 4) is 0 Å². The average Bonchev–Trinajstić information content (AvgIpc) is 2.25. The lowest BCUT2D eigenvalue weighted by Gasteiger charge is -2.18. The summed E-state index contributed by atoms with van der Waals surface area (Å²) in [4.78, 5) is 26.9. The summed E-state index contributed by atoms with van der Waals surface area (Å²) in [7, 11) is 0. The highest BCUT2D eigenvalue weighted by Crippen LogP contribution is 1.99. The number of carbonyl (C=O) groups is 1. The van der Waals surface area contributed by atoms with Gasteiger partial charge < -0.3 is 9.88 Å². The standard InChI is InChI=1S/C11H14N2O2/c1-3-8-13(4-2)11(15)9-6-5-7-10(14)12-9/h3,5-7H,1,4,8H2,2H3,(H,12,14). The van der Waals surface area contributed by atoms with Crippen LogP contribution in [0.15, 0.2) is 35.6 Å². The molecule has 0 aliphatic rings. The summed E-state index contributed by atoms with van der Waals surface area (Å²) >= 11 is 0. The van der Waals surface area contributed by atoms with Crippen LogP contribution < -0.4 is 5.56 Å². The molecule has 4 nitrogen and oxygen atoms in total. The van der Waals surface area contributed by atoms with E-state index in [4.69, 9.17) is 0 Å². The molecule has 0 aliphatic carbocycles. The number of nitrogens with one attached hydrogen (secondary N) is 1. The molecule has 80 valence electrons. The fourth-order valence-electron chi connectivity index (χ4n) is 1.25. The van der Waals surface area contributed by atoms with Crippen molar-refractivity contribution < 1.29 is 4.79 Å². The number of H-pyrrole nitrogens is 1. The summed E-state index contributed by atoms with van der Waals surface area (Å²) < 4.78 is 0. The van der Waals surface area contributed by atoms with E-state index in [1.807, 2.05) is 6.92 Å². The number of likely N-dealkylation sites (N-methyl/N-ethyl adjacent to an activating group) is 1. The molecule has 0 saturated carbocycles. The van der Waals surface area contributed by atoms with Crippen LogP contribution in [0.1, 0.15) is 17.4 Å². The van der Waals surface area contributed by atoms with Crippen LogP contribution in [0.25, 0.3) is 0 Å². The first kappa shape index (κ1) is 11.2. The zero-order valence-electron chi connectivity index (χ0n) is 8.69. The molecule has 1 amide bonds. The first-order chi connectivity index (χ1) is 7.19. The first-order valence-corrected chi connectivity index (χ1v) is 4.78. The number of hydrogen-bond acceptors (Lipinski definition) is 2. The van der Waals surface area contributed by atoms with Crippen LogP contribution in [0.5, 0.6) is 0 Å². The zero-order chi connectivity index (χ0) is 11.3. The van der Waals surface area contributed by atoms with Crippen molar-refractivity contribution in [3.05, 3.63) is 46.9 Å². The smallest absolute Gasteiger partial charge is 0.270 e. The van der Waals surface area contributed by atoms with Gasteiger partial charge in [-0.2, -0.15) is 0 Å². The van der Waals surface area contributed by atoms with E-state index in [0.29, 0.717) is 18.8 Å². The highest BCUT2D eigenvalue weighted by Gasteiger charge is 2.12. The highest BCUT2D eigenvalue weighted by molar-refractivity contribution is 5.92. The normalized spacial score (nSPS) is 9.67. The van der Waals surface area contributed by atoms with E-state index in [2.05, 4.69) is 11.6 Å². The van der Waals surface area contributed by atoms with Gasteiger partial charge in [-0.25, -0.2) is 0 Å². The van der Waals surface area contributed by atoms with Crippen LogP contribution in [0.4, 0.5) is 0 Å². The number of nitrogens with zero attached hydrogens (tertiary/aromatic N) is 1. The maximum absolute atomic E-state index is 11.8. The molecule has 1 rings (SSSR count). The molecule has 0 radical (unpaired) electrons. The van der Waals surface area contributed by atoms with E-state index in [0.717, 1.165) is 0 Å². The molecule has 0 saturated heterocycles. The van der Waals surface area contributed by atoms with Gasteiger partial charge in [-0.15, -0.1) is 6.58 Å². The third-order valence-corrected chi connectivity index (χ3v) is 2.02. The second-order valence-corrected chi connectivity index (χ2v) is 3.06.